The van der Waals surface area contributed by atoms with Crippen LogP contribution in [0, 0.1) is 0 Å². The van der Waals surface area contributed by atoms with Gasteiger partial charge in [-0.05, 0) is 44.0 Å². The molecular formula is C15H18N4OS. The molecule has 0 saturated carbocycles. The molecule has 1 atom stereocenters. The summed E-state index contributed by atoms with van der Waals surface area (Å²) in [5.74, 6) is 0.542. The van der Waals surface area contributed by atoms with Crippen LogP contribution in [0.3, 0.4) is 0 Å². The first-order valence-corrected chi connectivity index (χ1v) is 7.31. The number of nitrogens with zero attached hydrogens (tertiary/aromatic N) is 3. The van der Waals surface area contributed by atoms with E-state index in [2.05, 4.69) is 37.1 Å². The normalized spacial score (nSPS) is 20.2. The third kappa shape index (κ3) is 2.01. The zero-order valence-corrected chi connectivity index (χ0v) is 13.1. The Kier molecular flexibility index (Phi) is 3.02. The summed E-state index contributed by atoms with van der Waals surface area (Å²) in [4.78, 5) is 0. The average Bonchev–Trinajstić information content (AvgIpc) is 2.67. The quantitative estimate of drug-likeness (QED) is 0.619. The maximum Gasteiger partial charge on any atom is 0.221 e. The minimum absolute atomic E-state index is 0.0473. The van der Waals surface area contributed by atoms with Gasteiger partial charge in [-0.2, -0.15) is 0 Å². The lowest BCUT2D eigenvalue weighted by atomic mass is 9.82. The number of rotatable bonds is 1. The Labute approximate surface area is 128 Å². The van der Waals surface area contributed by atoms with E-state index in [1.54, 1.807) is 0 Å². The average molecular weight is 302 g/mol. The van der Waals surface area contributed by atoms with Crippen molar-refractivity contribution in [2.45, 2.75) is 38.6 Å². The molecule has 3 N–H and O–H groups in total. The van der Waals surface area contributed by atoms with Crippen molar-refractivity contribution in [2.24, 2.45) is 16.0 Å². The number of aromatic hydroxyl groups is 1. The number of hydrogen-bond acceptors (Lipinski definition) is 3. The van der Waals surface area contributed by atoms with Crippen LogP contribution in [0.2, 0.25) is 0 Å². The van der Waals surface area contributed by atoms with Crippen molar-refractivity contribution in [3.05, 3.63) is 23.8 Å². The van der Waals surface area contributed by atoms with Crippen LogP contribution in [-0.4, -0.2) is 14.8 Å². The third-order valence-electron chi connectivity index (χ3n) is 4.16. The van der Waals surface area contributed by atoms with Gasteiger partial charge in [0.1, 0.15) is 0 Å². The molecule has 110 valence electrons. The van der Waals surface area contributed by atoms with Gasteiger partial charge >= 0.3 is 0 Å². The van der Waals surface area contributed by atoms with Gasteiger partial charge in [0.15, 0.2) is 5.69 Å². The summed E-state index contributed by atoms with van der Waals surface area (Å²) < 4.78 is 1.95. The molecule has 6 heteroatoms. The van der Waals surface area contributed by atoms with Gasteiger partial charge in [-0.1, -0.05) is 25.1 Å². The first-order chi connectivity index (χ1) is 9.83. The molecule has 2 heterocycles. The lowest BCUT2D eigenvalue weighted by Crippen LogP contribution is -2.31. The summed E-state index contributed by atoms with van der Waals surface area (Å²) in [7, 11) is 0. The molecule has 5 nitrogen and oxygen atoms in total. The van der Waals surface area contributed by atoms with Gasteiger partial charge in [-0.3, -0.25) is 0 Å². The van der Waals surface area contributed by atoms with Crippen LogP contribution >= 0.6 is 12.2 Å². The van der Waals surface area contributed by atoms with Crippen LogP contribution in [-0.2, 0) is 5.54 Å². The lowest BCUT2D eigenvalue weighted by molar-refractivity contribution is 0.267. The van der Waals surface area contributed by atoms with E-state index in [0.29, 0.717) is 11.6 Å². The van der Waals surface area contributed by atoms with Gasteiger partial charge in [0.05, 0.1) is 5.52 Å². The molecule has 3 rings (SSSR count). The number of nitrogens with two attached hydrogens (primary N) is 1. The molecule has 1 aromatic heterocycles. The number of para-hydroxylation sites is 1. The van der Waals surface area contributed by atoms with Gasteiger partial charge < -0.3 is 15.4 Å². The molecule has 2 aromatic rings. The van der Waals surface area contributed by atoms with Crippen molar-refractivity contribution in [1.82, 2.24) is 4.57 Å². The predicted molar refractivity (Wildman–Crippen MR) is 87.3 cm³/mol. The second kappa shape index (κ2) is 4.53. The van der Waals surface area contributed by atoms with E-state index in [-0.39, 0.29) is 16.5 Å². The molecule has 0 unspecified atom stereocenters. The number of hydrogen-bond donors (Lipinski definition) is 2. The standard InChI is InChI=1S/C15H18N4OS/c1-8-7-15(2,3)19-12-9(8)5-4-6-10(12)11(13(19)20)17-18-14(16)21/h4-6,8,20H,7H2,1-3H3,(H2,16,21)/t8-/m1/s1. The Morgan fingerprint density at radius 1 is 1.48 bits per heavy atom. The summed E-state index contributed by atoms with van der Waals surface area (Å²) in [6.45, 7) is 6.44. The van der Waals surface area contributed by atoms with Gasteiger partial charge in [-0.25, -0.2) is 0 Å². The Balaban J connectivity index is 2.40. The van der Waals surface area contributed by atoms with E-state index in [9.17, 15) is 5.11 Å². The summed E-state index contributed by atoms with van der Waals surface area (Å²) >= 11 is 4.73. The largest absolute Gasteiger partial charge is 0.493 e. The first kappa shape index (κ1) is 14.0. The number of thiocarbonyl (C=S) groups is 1. The first-order valence-electron chi connectivity index (χ1n) is 6.91. The molecule has 0 radical (unpaired) electrons. The number of aromatic nitrogens is 1. The van der Waals surface area contributed by atoms with Crippen LogP contribution in [0.5, 0.6) is 5.88 Å². The van der Waals surface area contributed by atoms with E-state index in [1.165, 1.54) is 5.56 Å². The van der Waals surface area contributed by atoms with Crippen molar-refractivity contribution in [3.8, 4) is 5.88 Å². The summed E-state index contributed by atoms with van der Waals surface area (Å²) in [6, 6.07) is 6.03. The fourth-order valence-electron chi connectivity index (χ4n) is 3.47. The van der Waals surface area contributed by atoms with Gasteiger partial charge in [-0.15, -0.1) is 10.2 Å². The second-order valence-electron chi connectivity index (χ2n) is 6.21. The van der Waals surface area contributed by atoms with Crippen LogP contribution in [0.15, 0.2) is 28.4 Å². The highest BCUT2D eigenvalue weighted by atomic mass is 32.1. The molecule has 0 fully saturated rings. The van der Waals surface area contributed by atoms with Crippen molar-refractivity contribution in [2.75, 3.05) is 0 Å². The van der Waals surface area contributed by atoms with Crippen molar-refractivity contribution < 1.29 is 5.11 Å². The van der Waals surface area contributed by atoms with E-state index in [1.807, 2.05) is 16.7 Å². The Morgan fingerprint density at radius 3 is 2.86 bits per heavy atom. The van der Waals surface area contributed by atoms with Crippen LogP contribution in [0.25, 0.3) is 10.9 Å². The molecule has 1 aromatic carbocycles. The van der Waals surface area contributed by atoms with Crippen molar-refractivity contribution >= 4 is 33.9 Å². The van der Waals surface area contributed by atoms with E-state index >= 15 is 0 Å². The van der Waals surface area contributed by atoms with Crippen LogP contribution in [0.1, 0.15) is 38.7 Å². The minimum atomic E-state index is -0.187. The Hall–Kier alpha value is -1.95. The summed E-state index contributed by atoms with van der Waals surface area (Å²) in [5.41, 5.74) is 7.86. The monoisotopic (exact) mass is 302 g/mol. The highest BCUT2D eigenvalue weighted by Crippen LogP contribution is 2.50. The molecule has 0 bridgehead atoms. The Morgan fingerprint density at radius 2 is 2.19 bits per heavy atom. The van der Waals surface area contributed by atoms with Gasteiger partial charge in [0.25, 0.3) is 0 Å². The number of azo groups is 1. The predicted octanol–water partition coefficient (Wildman–Crippen LogP) is 3.92. The highest BCUT2D eigenvalue weighted by Gasteiger charge is 2.36. The minimum Gasteiger partial charge on any atom is -0.493 e. The zero-order valence-electron chi connectivity index (χ0n) is 12.3. The van der Waals surface area contributed by atoms with Crippen molar-refractivity contribution in [1.29, 1.82) is 0 Å². The fourth-order valence-corrected chi connectivity index (χ4v) is 3.51. The topological polar surface area (TPSA) is 75.9 Å². The molecular weight excluding hydrogens is 284 g/mol. The molecule has 1 aliphatic heterocycles. The highest BCUT2D eigenvalue weighted by molar-refractivity contribution is 7.80. The summed E-state index contributed by atoms with van der Waals surface area (Å²) in [6.07, 6.45) is 0.952. The smallest absolute Gasteiger partial charge is 0.221 e. The van der Waals surface area contributed by atoms with Gasteiger partial charge in [0, 0.05) is 10.9 Å². The zero-order chi connectivity index (χ0) is 15.4. The second-order valence-corrected chi connectivity index (χ2v) is 6.63. The van der Waals surface area contributed by atoms with Crippen LogP contribution in [0.4, 0.5) is 5.69 Å². The molecule has 0 spiro atoms. The van der Waals surface area contributed by atoms with E-state index < -0.39 is 0 Å². The molecule has 0 saturated heterocycles. The SMILES string of the molecule is C[C@@H]1CC(C)(C)n2c(O)c(N=NC(N)=S)c3cccc1c32. The molecule has 0 amide bonds. The summed E-state index contributed by atoms with van der Waals surface area (Å²) in [5, 5.41) is 19.2. The van der Waals surface area contributed by atoms with E-state index in [0.717, 1.165) is 17.3 Å². The van der Waals surface area contributed by atoms with E-state index in [4.69, 9.17) is 18.0 Å². The van der Waals surface area contributed by atoms with Gasteiger partial charge in [0.2, 0.25) is 11.0 Å². The molecule has 1 aliphatic rings. The molecule has 21 heavy (non-hydrogen) atoms. The maximum absolute atomic E-state index is 10.6. The maximum atomic E-state index is 10.6. The fraction of sp³-hybridized carbons (Fsp3) is 0.400. The Bertz CT molecular complexity index is 776. The van der Waals surface area contributed by atoms with Crippen molar-refractivity contribution in [3.63, 3.8) is 0 Å². The van der Waals surface area contributed by atoms with Crippen LogP contribution < -0.4 is 5.73 Å². The number of benzene rings is 1. The molecule has 0 aliphatic carbocycles. The third-order valence-corrected chi connectivity index (χ3v) is 4.24. The lowest BCUT2D eigenvalue weighted by Gasteiger charge is -2.36.